The molecular formula is C21H26N2O4S2. The molecule has 0 radical (unpaired) electrons. The van der Waals surface area contributed by atoms with Crippen LogP contribution >= 0.6 is 11.8 Å². The first-order valence-electron chi connectivity index (χ1n) is 9.49. The number of hydrogen-bond acceptors (Lipinski definition) is 5. The summed E-state index contributed by atoms with van der Waals surface area (Å²) in [6.45, 7) is 4.70. The van der Waals surface area contributed by atoms with Crippen molar-refractivity contribution in [2.45, 2.75) is 41.2 Å². The molecule has 0 spiro atoms. The molecule has 0 bridgehead atoms. The Kier molecular flexibility index (Phi) is 7.00. The Hall–Kier alpha value is -1.87. The van der Waals surface area contributed by atoms with Gasteiger partial charge in [-0.1, -0.05) is 18.2 Å². The molecule has 2 aromatic carbocycles. The van der Waals surface area contributed by atoms with Crippen LogP contribution in [-0.4, -0.2) is 38.8 Å². The summed E-state index contributed by atoms with van der Waals surface area (Å²) in [6, 6.07) is 14.8. The second-order valence-electron chi connectivity index (χ2n) is 7.20. The molecule has 156 valence electrons. The van der Waals surface area contributed by atoms with E-state index in [9.17, 15) is 13.2 Å². The summed E-state index contributed by atoms with van der Waals surface area (Å²) in [4.78, 5) is 12.6. The summed E-state index contributed by atoms with van der Waals surface area (Å²) in [5.74, 6) is -0.197. The highest BCUT2D eigenvalue weighted by Crippen LogP contribution is 2.40. The minimum absolute atomic E-state index is 0.197. The van der Waals surface area contributed by atoms with Crippen molar-refractivity contribution in [1.29, 1.82) is 0 Å². The van der Waals surface area contributed by atoms with Gasteiger partial charge in [-0.2, -0.15) is 0 Å². The maximum Gasteiger partial charge on any atom is 0.240 e. The number of thioether (sulfide) groups is 1. The monoisotopic (exact) mass is 434 g/mol. The highest BCUT2D eigenvalue weighted by Gasteiger charge is 2.35. The van der Waals surface area contributed by atoms with Crippen LogP contribution in [0.1, 0.15) is 25.3 Å². The number of amides is 1. The highest BCUT2D eigenvalue weighted by atomic mass is 32.2. The van der Waals surface area contributed by atoms with E-state index in [1.165, 1.54) is 13.0 Å². The number of carbonyl (C=O) groups excluding carboxylic acids is 1. The molecule has 6 nitrogen and oxygen atoms in total. The van der Waals surface area contributed by atoms with Crippen molar-refractivity contribution in [2.24, 2.45) is 0 Å². The average Bonchev–Trinajstić information content (AvgIpc) is 2.67. The average molecular weight is 435 g/mol. The van der Waals surface area contributed by atoms with Crippen molar-refractivity contribution < 1.29 is 17.9 Å². The van der Waals surface area contributed by atoms with Gasteiger partial charge < -0.3 is 10.1 Å². The SMILES string of the molecule is CC(=O)Nc1ccc(S(=O)(=O)NCC2(Sc3ccccc3)CCOCC2)c(C)c1. The van der Waals surface area contributed by atoms with Gasteiger partial charge in [-0.3, -0.25) is 4.79 Å². The van der Waals surface area contributed by atoms with E-state index in [4.69, 9.17) is 4.74 Å². The zero-order chi connectivity index (χ0) is 20.9. The molecule has 2 aromatic rings. The molecule has 1 heterocycles. The fraction of sp³-hybridized carbons (Fsp3) is 0.381. The first-order chi connectivity index (χ1) is 13.8. The number of sulfonamides is 1. The van der Waals surface area contributed by atoms with E-state index < -0.39 is 10.0 Å². The minimum Gasteiger partial charge on any atom is -0.381 e. The number of aryl methyl sites for hydroxylation is 1. The number of hydrogen-bond donors (Lipinski definition) is 2. The Balaban J connectivity index is 1.77. The number of carbonyl (C=O) groups is 1. The molecule has 8 heteroatoms. The predicted molar refractivity (Wildman–Crippen MR) is 116 cm³/mol. The van der Waals surface area contributed by atoms with Crippen LogP contribution in [0.15, 0.2) is 58.3 Å². The lowest BCUT2D eigenvalue weighted by atomic mass is 9.99. The van der Waals surface area contributed by atoms with Crippen molar-refractivity contribution in [3.05, 3.63) is 54.1 Å². The van der Waals surface area contributed by atoms with Crippen molar-refractivity contribution in [1.82, 2.24) is 4.72 Å². The number of nitrogens with one attached hydrogen (secondary N) is 2. The van der Waals surface area contributed by atoms with E-state index in [1.54, 1.807) is 30.8 Å². The smallest absolute Gasteiger partial charge is 0.240 e. The fourth-order valence-corrected chi connectivity index (χ4v) is 6.08. The number of ether oxygens (including phenoxy) is 1. The molecule has 0 atom stereocenters. The Morgan fingerprint density at radius 1 is 1.14 bits per heavy atom. The van der Waals surface area contributed by atoms with Crippen LogP contribution in [0.5, 0.6) is 0 Å². The first-order valence-corrected chi connectivity index (χ1v) is 11.8. The maximum absolute atomic E-state index is 13.0. The summed E-state index contributed by atoms with van der Waals surface area (Å²) in [5, 5.41) is 2.67. The van der Waals surface area contributed by atoms with E-state index >= 15 is 0 Å². The van der Waals surface area contributed by atoms with E-state index in [1.807, 2.05) is 30.3 Å². The van der Waals surface area contributed by atoms with Crippen molar-refractivity contribution in [3.63, 3.8) is 0 Å². The standard InChI is InChI=1S/C21H26N2O4S2/c1-16-14-18(23-17(2)24)8-9-20(16)29(25,26)22-15-21(10-12-27-13-11-21)28-19-6-4-3-5-7-19/h3-9,14,22H,10-13,15H2,1-2H3,(H,23,24). The Labute approximate surface area is 176 Å². The largest absolute Gasteiger partial charge is 0.381 e. The molecule has 0 aromatic heterocycles. The Morgan fingerprint density at radius 3 is 2.45 bits per heavy atom. The number of anilines is 1. The molecule has 29 heavy (non-hydrogen) atoms. The molecule has 1 aliphatic rings. The Bertz CT molecular complexity index is 956. The fourth-order valence-electron chi connectivity index (χ4n) is 3.33. The van der Waals surface area contributed by atoms with Gasteiger partial charge in [-0.15, -0.1) is 11.8 Å². The van der Waals surface area contributed by atoms with E-state index in [0.717, 1.165) is 17.7 Å². The van der Waals surface area contributed by atoms with Gasteiger partial charge in [0.25, 0.3) is 0 Å². The van der Waals surface area contributed by atoms with Gasteiger partial charge in [0, 0.05) is 42.0 Å². The van der Waals surface area contributed by atoms with Gasteiger partial charge in [-0.05, 0) is 55.7 Å². The second kappa shape index (κ2) is 9.30. The minimum atomic E-state index is -3.68. The topological polar surface area (TPSA) is 84.5 Å². The predicted octanol–water partition coefficient (Wildman–Crippen LogP) is 3.57. The summed E-state index contributed by atoms with van der Waals surface area (Å²) in [5.41, 5.74) is 1.16. The number of benzene rings is 2. The molecule has 1 fully saturated rings. The molecule has 1 saturated heterocycles. The van der Waals surface area contributed by atoms with Crippen LogP contribution in [0.25, 0.3) is 0 Å². The van der Waals surface area contributed by atoms with Crippen LogP contribution in [0.2, 0.25) is 0 Å². The summed E-state index contributed by atoms with van der Waals surface area (Å²) < 4.78 is 34.1. The summed E-state index contributed by atoms with van der Waals surface area (Å²) in [6.07, 6.45) is 1.55. The molecule has 2 N–H and O–H groups in total. The third-order valence-electron chi connectivity index (χ3n) is 4.85. The van der Waals surface area contributed by atoms with Gasteiger partial charge in [0.05, 0.1) is 4.90 Å². The summed E-state index contributed by atoms with van der Waals surface area (Å²) in [7, 11) is -3.68. The van der Waals surface area contributed by atoms with Gasteiger partial charge in [0.15, 0.2) is 0 Å². The zero-order valence-electron chi connectivity index (χ0n) is 16.6. The normalized spacial score (nSPS) is 16.3. The van der Waals surface area contributed by atoms with Crippen LogP contribution in [0.4, 0.5) is 5.69 Å². The van der Waals surface area contributed by atoms with Crippen LogP contribution in [-0.2, 0) is 19.6 Å². The lowest BCUT2D eigenvalue weighted by Crippen LogP contribution is -2.44. The van der Waals surface area contributed by atoms with Crippen molar-refractivity contribution in [3.8, 4) is 0 Å². The van der Waals surface area contributed by atoms with Crippen LogP contribution in [0.3, 0.4) is 0 Å². The molecule has 1 amide bonds. The van der Waals surface area contributed by atoms with E-state index in [0.29, 0.717) is 31.0 Å². The van der Waals surface area contributed by atoms with Crippen LogP contribution in [0, 0.1) is 6.92 Å². The molecule has 0 aliphatic carbocycles. The van der Waals surface area contributed by atoms with E-state index in [-0.39, 0.29) is 15.5 Å². The van der Waals surface area contributed by atoms with Gasteiger partial charge in [-0.25, -0.2) is 13.1 Å². The molecule has 0 unspecified atom stereocenters. The maximum atomic E-state index is 13.0. The third kappa shape index (κ3) is 5.82. The van der Waals surface area contributed by atoms with Crippen molar-refractivity contribution in [2.75, 3.05) is 25.1 Å². The second-order valence-corrected chi connectivity index (χ2v) is 10.5. The molecular weight excluding hydrogens is 408 g/mol. The zero-order valence-corrected chi connectivity index (χ0v) is 18.2. The lowest BCUT2D eigenvalue weighted by Gasteiger charge is -2.36. The molecule has 3 rings (SSSR count). The first kappa shape index (κ1) is 21.8. The summed E-state index contributed by atoms with van der Waals surface area (Å²) >= 11 is 1.71. The third-order valence-corrected chi connectivity index (χ3v) is 7.91. The highest BCUT2D eigenvalue weighted by molar-refractivity contribution is 8.00. The molecule has 0 saturated carbocycles. The van der Waals surface area contributed by atoms with E-state index in [2.05, 4.69) is 10.0 Å². The van der Waals surface area contributed by atoms with Crippen LogP contribution < -0.4 is 10.0 Å². The Morgan fingerprint density at radius 2 is 1.83 bits per heavy atom. The van der Waals surface area contributed by atoms with Gasteiger partial charge in [0.1, 0.15) is 0 Å². The van der Waals surface area contributed by atoms with Gasteiger partial charge >= 0.3 is 0 Å². The lowest BCUT2D eigenvalue weighted by molar-refractivity contribution is -0.114. The van der Waals surface area contributed by atoms with Crippen molar-refractivity contribution >= 4 is 33.4 Å². The number of rotatable bonds is 7. The van der Waals surface area contributed by atoms with Gasteiger partial charge in [0.2, 0.25) is 15.9 Å². The quantitative estimate of drug-likeness (QED) is 0.696. The molecule has 1 aliphatic heterocycles.